The van der Waals surface area contributed by atoms with E-state index < -0.39 is 11.9 Å². The largest absolute Gasteiger partial charge is 0.493 e. The first-order chi connectivity index (χ1) is 9.93. The molecule has 0 aliphatic heterocycles. The molecule has 7 nitrogen and oxygen atoms in total. The summed E-state index contributed by atoms with van der Waals surface area (Å²) in [7, 11) is 1.43. The number of aromatic nitrogens is 2. The first-order valence-corrected chi connectivity index (χ1v) is 6.72. The number of imidazole rings is 1. The summed E-state index contributed by atoms with van der Waals surface area (Å²) in [4.78, 5) is 29.2. The number of carbonyl (C=O) groups excluding carboxylic acids is 1. The number of carbonyl (C=O) groups is 2. The van der Waals surface area contributed by atoms with Gasteiger partial charge in [-0.05, 0) is 28.1 Å². The standard InChI is InChI=1S/C12H9BrClN3O4/c1-21-10-6(13)2-5(14)3-7(10)17-11(18)8-9(12(19)20)16-4-15-8/h2-4H,1H3,(H,15,16)(H,17,18)(H,19,20). The van der Waals surface area contributed by atoms with Crippen LogP contribution in [0.3, 0.4) is 0 Å². The fourth-order valence-corrected chi connectivity index (χ4v) is 2.64. The lowest BCUT2D eigenvalue weighted by Crippen LogP contribution is -2.17. The quantitative estimate of drug-likeness (QED) is 0.763. The van der Waals surface area contributed by atoms with Gasteiger partial charge in [-0.2, -0.15) is 0 Å². The van der Waals surface area contributed by atoms with Crippen LogP contribution in [-0.2, 0) is 0 Å². The minimum atomic E-state index is -1.28. The van der Waals surface area contributed by atoms with E-state index >= 15 is 0 Å². The summed E-state index contributed by atoms with van der Waals surface area (Å²) in [6.07, 6.45) is 1.13. The average molecular weight is 375 g/mol. The molecule has 0 atom stereocenters. The highest BCUT2D eigenvalue weighted by Gasteiger charge is 2.21. The summed E-state index contributed by atoms with van der Waals surface area (Å²) in [6, 6.07) is 3.09. The number of rotatable bonds is 4. The van der Waals surface area contributed by atoms with Crippen LogP contribution in [-0.4, -0.2) is 34.1 Å². The van der Waals surface area contributed by atoms with Crippen molar-refractivity contribution in [3.63, 3.8) is 0 Å². The summed E-state index contributed by atoms with van der Waals surface area (Å²) in [5.41, 5.74) is -0.241. The maximum Gasteiger partial charge on any atom is 0.354 e. The van der Waals surface area contributed by atoms with Crippen molar-refractivity contribution in [2.75, 3.05) is 12.4 Å². The first-order valence-electron chi connectivity index (χ1n) is 5.55. The molecule has 9 heteroatoms. The number of hydrogen-bond donors (Lipinski definition) is 3. The summed E-state index contributed by atoms with van der Waals surface area (Å²) < 4.78 is 5.71. The van der Waals surface area contributed by atoms with E-state index in [1.54, 1.807) is 6.07 Å². The van der Waals surface area contributed by atoms with Gasteiger partial charge in [-0.15, -0.1) is 0 Å². The Balaban J connectivity index is 2.36. The van der Waals surface area contributed by atoms with E-state index in [0.29, 0.717) is 20.9 Å². The normalized spacial score (nSPS) is 10.2. The monoisotopic (exact) mass is 373 g/mol. The number of aromatic carboxylic acids is 1. The highest BCUT2D eigenvalue weighted by Crippen LogP contribution is 2.36. The minimum absolute atomic E-state index is 0.236. The molecule has 1 aromatic carbocycles. The Labute approximate surface area is 132 Å². The molecular formula is C12H9BrClN3O4. The number of hydrogen-bond acceptors (Lipinski definition) is 4. The number of ether oxygens (including phenoxy) is 1. The number of nitrogens with one attached hydrogen (secondary N) is 2. The smallest absolute Gasteiger partial charge is 0.354 e. The number of nitrogens with zero attached hydrogens (tertiary/aromatic N) is 1. The molecule has 0 saturated carbocycles. The Morgan fingerprint density at radius 3 is 2.81 bits per heavy atom. The van der Waals surface area contributed by atoms with Crippen LogP contribution in [0.4, 0.5) is 5.69 Å². The van der Waals surface area contributed by atoms with E-state index in [0.717, 1.165) is 6.33 Å². The molecule has 1 heterocycles. The Kier molecular flexibility index (Phi) is 4.49. The molecule has 110 valence electrons. The minimum Gasteiger partial charge on any atom is -0.493 e. The molecule has 0 bridgehead atoms. The van der Waals surface area contributed by atoms with E-state index in [9.17, 15) is 9.59 Å². The van der Waals surface area contributed by atoms with E-state index in [1.807, 2.05) is 0 Å². The van der Waals surface area contributed by atoms with Gasteiger partial charge < -0.3 is 20.1 Å². The van der Waals surface area contributed by atoms with E-state index in [2.05, 4.69) is 31.2 Å². The molecule has 2 rings (SSSR count). The number of aromatic amines is 1. The second-order valence-electron chi connectivity index (χ2n) is 3.85. The van der Waals surface area contributed by atoms with Gasteiger partial charge in [0.2, 0.25) is 0 Å². The van der Waals surface area contributed by atoms with Gasteiger partial charge in [0, 0.05) is 5.02 Å². The lowest BCUT2D eigenvalue weighted by atomic mass is 10.2. The number of halogens is 2. The number of methoxy groups -OCH3 is 1. The first kappa shape index (κ1) is 15.3. The number of anilines is 1. The summed E-state index contributed by atoms with van der Waals surface area (Å²) in [6.45, 7) is 0. The van der Waals surface area contributed by atoms with E-state index in [4.69, 9.17) is 21.4 Å². The van der Waals surface area contributed by atoms with Crippen LogP contribution in [0, 0.1) is 0 Å². The third-order valence-electron chi connectivity index (χ3n) is 2.53. The number of benzene rings is 1. The van der Waals surface area contributed by atoms with Crippen LogP contribution >= 0.6 is 27.5 Å². The van der Waals surface area contributed by atoms with Crippen LogP contribution in [0.25, 0.3) is 0 Å². The van der Waals surface area contributed by atoms with Gasteiger partial charge in [0.1, 0.15) is 0 Å². The van der Waals surface area contributed by atoms with Crippen molar-refractivity contribution in [1.82, 2.24) is 9.97 Å². The van der Waals surface area contributed by atoms with Crippen molar-refractivity contribution in [1.29, 1.82) is 0 Å². The topological polar surface area (TPSA) is 104 Å². The predicted octanol–water partition coefficient (Wildman–Crippen LogP) is 2.78. The van der Waals surface area contributed by atoms with E-state index in [-0.39, 0.29) is 11.4 Å². The molecule has 1 amide bonds. The molecule has 1 aromatic heterocycles. The van der Waals surface area contributed by atoms with Gasteiger partial charge in [-0.25, -0.2) is 9.78 Å². The summed E-state index contributed by atoms with van der Waals surface area (Å²) in [5, 5.41) is 11.8. The SMILES string of the molecule is COc1c(Br)cc(Cl)cc1NC(=O)c1nc[nH]c1C(=O)O. The van der Waals surface area contributed by atoms with Crippen molar-refractivity contribution in [3.8, 4) is 5.75 Å². The maximum absolute atomic E-state index is 12.1. The zero-order valence-electron chi connectivity index (χ0n) is 10.6. The van der Waals surface area contributed by atoms with Gasteiger partial charge in [-0.3, -0.25) is 4.79 Å². The van der Waals surface area contributed by atoms with Crippen molar-refractivity contribution in [3.05, 3.63) is 39.3 Å². The van der Waals surface area contributed by atoms with Crippen LogP contribution in [0.2, 0.25) is 5.02 Å². The lowest BCUT2D eigenvalue weighted by molar-refractivity contribution is 0.0686. The fraction of sp³-hybridized carbons (Fsp3) is 0.0833. The van der Waals surface area contributed by atoms with Gasteiger partial charge >= 0.3 is 5.97 Å². The average Bonchev–Trinajstić information content (AvgIpc) is 2.87. The molecule has 2 aromatic rings. The molecule has 0 aliphatic rings. The Hall–Kier alpha value is -2.06. The van der Waals surface area contributed by atoms with Crippen molar-refractivity contribution >= 4 is 45.1 Å². The van der Waals surface area contributed by atoms with Gasteiger partial charge in [0.05, 0.1) is 23.6 Å². The number of carboxylic acids is 1. The number of amides is 1. The van der Waals surface area contributed by atoms with E-state index in [1.165, 1.54) is 13.2 Å². The van der Waals surface area contributed by atoms with Crippen molar-refractivity contribution < 1.29 is 19.4 Å². The Bertz CT molecular complexity index is 717. The zero-order valence-corrected chi connectivity index (χ0v) is 12.9. The predicted molar refractivity (Wildman–Crippen MR) is 79.2 cm³/mol. The van der Waals surface area contributed by atoms with Crippen LogP contribution < -0.4 is 10.1 Å². The van der Waals surface area contributed by atoms with Crippen molar-refractivity contribution in [2.45, 2.75) is 0 Å². The van der Waals surface area contributed by atoms with Crippen molar-refractivity contribution in [2.24, 2.45) is 0 Å². The fourth-order valence-electron chi connectivity index (χ4n) is 1.67. The second-order valence-corrected chi connectivity index (χ2v) is 5.14. The highest BCUT2D eigenvalue weighted by molar-refractivity contribution is 9.10. The zero-order chi connectivity index (χ0) is 15.6. The number of H-pyrrole nitrogens is 1. The summed E-state index contributed by atoms with van der Waals surface area (Å²) >= 11 is 9.17. The maximum atomic E-state index is 12.1. The molecule has 3 N–H and O–H groups in total. The third-order valence-corrected chi connectivity index (χ3v) is 3.34. The van der Waals surface area contributed by atoms with Crippen LogP contribution in [0.15, 0.2) is 22.9 Å². The molecule has 21 heavy (non-hydrogen) atoms. The third kappa shape index (κ3) is 3.17. The Morgan fingerprint density at radius 1 is 1.48 bits per heavy atom. The molecule has 0 fully saturated rings. The highest BCUT2D eigenvalue weighted by atomic mass is 79.9. The summed E-state index contributed by atoms with van der Waals surface area (Å²) in [5.74, 6) is -1.61. The second kappa shape index (κ2) is 6.15. The molecule has 0 unspecified atom stereocenters. The molecule has 0 aliphatic carbocycles. The molecular weight excluding hydrogens is 366 g/mol. The molecule has 0 saturated heterocycles. The number of carboxylic acid groups (broad SMARTS) is 1. The van der Waals surface area contributed by atoms with Crippen LogP contribution in [0.5, 0.6) is 5.75 Å². The van der Waals surface area contributed by atoms with Gasteiger partial charge in [0.15, 0.2) is 17.1 Å². The Morgan fingerprint density at radius 2 is 2.19 bits per heavy atom. The van der Waals surface area contributed by atoms with Crippen LogP contribution in [0.1, 0.15) is 21.0 Å². The van der Waals surface area contributed by atoms with Gasteiger partial charge in [-0.1, -0.05) is 11.6 Å². The van der Waals surface area contributed by atoms with Gasteiger partial charge in [0.25, 0.3) is 5.91 Å². The molecule has 0 radical (unpaired) electrons. The molecule has 0 spiro atoms. The lowest BCUT2D eigenvalue weighted by Gasteiger charge is -2.12.